The van der Waals surface area contributed by atoms with Crippen LogP contribution in [0.4, 0.5) is 11.4 Å². The zero-order chi connectivity index (χ0) is 21.1. The minimum absolute atomic E-state index is 0.0149. The maximum absolute atomic E-state index is 12.3. The molecule has 3 aromatic rings. The normalized spacial score (nSPS) is 10.8. The highest BCUT2D eigenvalue weighted by Gasteiger charge is 2.20. The fraction of sp³-hybridized carbons (Fsp3) is 0.250. The first kappa shape index (κ1) is 20.5. The number of thioether (sulfide) groups is 1. The average Bonchev–Trinajstić information content (AvgIpc) is 3.12. The Kier molecular flexibility index (Phi) is 5.97. The standard InChI is InChI=1S/C20H20N4O4S/c1-11-7-12(2)9-15(8-11)19-22-23-20(28-19)29-10-17(25)21-18-14(4)13(3)5-6-16(18)24(26)27/h5-9H,10H2,1-4H3,(H,21,25). The van der Waals surface area contributed by atoms with Crippen LogP contribution in [-0.4, -0.2) is 26.8 Å². The van der Waals surface area contributed by atoms with Gasteiger partial charge in [-0.1, -0.05) is 35.0 Å². The van der Waals surface area contributed by atoms with Crippen molar-refractivity contribution in [2.75, 3.05) is 11.1 Å². The lowest BCUT2D eigenvalue weighted by atomic mass is 10.1. The maximum Gasteiger partial charge on any atom is 0.293 e. The van der Waals surface area contributed by atoms with Gasteiger partial charge in [0.1, 0.15) is 5.69 Å². The second kappa shape index (κ2) is 8.44. The maximum atomic E-state index is 12.3. The van der Waals surface area contributed by atoms with Crippen LogP contribution >= 0.6 is 11.8 Å². The fourth-order valence-electron chi connectivity index (χ4n) is 2.90. The Morgan fingerprint density at radius 3 is 2.48 bits per heavy atom. The number of carbonyl (C=O) groups excluding carboxylic acids is 1. The molecule has 0 aliphatic heterocycles. The van der Waals surface area contributed by atoms with E-state index in [-0.39, 0.29) is 22.4 Å². The number of nitro benzene ring substituents is 1. The molecule has 9 heteroatoms. The molecule has 1 N–H and O–H groups in total. The van der Waals surface area contributed by atoms with Crippen LogP contribution in [0.25, 0.3) is 11.5 Å². The zero-order valence-corrected chi connectivity index (χ0v) is 17.3. The van der Waals surface area contributed by atoms with Crippen molar-refractivity contribution in [2.45, 2.75) is 32.9 Å². The zero-order valence-electron chi connectivity index (χ0n) is 16.5. The number of nitrogens with zero attached hydrogens (tertiary/aromatic N) is 3. The number of aromatic nitrogens is 2. The SMILES string of the molecule is Cc1cc(C)cc(-c2nnc(SCC(=O)Nc3c([N+](=O)[O-])ccc(C)c3C)o2)c1. The van der Waals surface area contributed by atoms with Gasteiger partial charge in [-0.3, -0.25) is 14.9 Å². The molecule has 8 nitrogen and oxygen atoms in total. The molecule has 0 spiro atoms. The van der Waals surface area contributed by atoms with E-state index in [1.165, 1.54) is 6.07 Å². The molecule has 3 rings (SSSR count). The molecule has 0 saturated carbocycles. The molecule has 150 valence electrons. The van der Waals surface area contributed by atoms with Gasteiger partial charge < -0.3 is 9.73 Å². The third kappa shape index (κ3) is 4.80. The molecule has 0 radical (unpaired) electrons. The van der Waals surface area contributed by atoms with E-state index in [4.69, 9.17) is 4.42 Å². The van der Waals surface area contributed by atoms with Crippen molar-refractivity contribution in [1.82, 2.24) is 10.2 Å². The molecule has 1 aromatic heterocycles. The number of anilines is 1. The monoisotopic (exact) mass is 412 g/mol. The average molecular weight is 412 g/mol. The minimum atomic E-state index is -0.511. The summed E-state index contributed by atoms with van der Waals surface area (Å²) in [5, 5.41) is 22.1. The lowest BCUT2D eigenvalue weighted by molar-refractivity contribution is -0.384. The van der Waals surface area contributed by atoms with Crippen molar-refractivity contribution in [3.8, 4) is 11.5 Å². The summed E-state index contributed by atoms with van der Waals surface area (Å²) in [6, 6.07) is 8.99. The Morgan fingerprint density at radius 2 is 1.83 bits per heavy atom. The first-order valence-corrected chi connectivity index (χ1v) is 9.82. The lowest BCUT2D eigenvalue weighted by Crippen LogP contribution is -2.16. The Balaban J connectivity index is 1.69. The van der Waals surface area contributed by atoms with Crippen LogP contribution in [0.15, 0.2) is 40.0 Å². The fourth-order valence-corrected chi connectivity index (χ4v) is 3.46. The van der Waals surface area contributed by atoms with Crippen LogP contribution in [0.5, 0.6) is 0 Å². The van der Waals surface area contributed by atoms with E-state index < -0.39 is 10.8 Å². The number of amides is 1. The van der Waals surface area contributed by atoms with E-state index >= 15 is 0 Å². The molecule has 0 fully saturated rings. The van der Waals surface area contributed by atoms with Crippen LogP contribution in [0.2, 0.25) is 0 Å². The van der Waals surface area contributed by atoms with Crippen LogP contribution in [0.3, 0.4) is 0 Å². The Bertz CT molecular complexity index is 1070. The molecule has 2 aromatic carbocycles. The van der Waals surface area contributed by atoms with E-state index in [1.807, 2.05) is 39.0 Å². The first-order chi connectivity index (χ1) is 13.7. The first-order valence-electron chi connectivity index (χ1n) is 8.84. The van der Waals surface area contributed by atoms with Crippen molar-refractivity contribution in [2.24, 2.45) is 0 Å². The number of nitrogens with one attached hydrogen (secondary N) is 1. The second-order valence-electron chi connectivity index (χ2n) is 6.75. The van der Waals surface area contributed by atoms with Gasteiger partial charge in [0.2, 0.25) is 11.8 Å². The highest BCUT2D eigenvalue weighted by molar-refractivity contribution is 7.99. The van der Waals surface area contributed by atoms with Gasteiger partial charge in [0, 0.05) is 11.6 Å². The summed E-state index contributed by atoms with van der Waals surface area (Å²) >= 11 is 1.07. The number of nitro groups is 1. The number of aryl methyl sites for hydroxylation is 3. The van der Waals surface area contributed by atoms with E-state index in [1.54, 1.807) is 13.0 Å². The predicted molar refractivity (Wildman–Crippen MR) is 111 cm³/mol. The molecular weight excluding hydrogens is 392 g/mol. The topological polar surface area (TPSA) is 111 Å². The highest BCUT2D eigenvalue weighted by Crippen LogP contribution is 2.31. The summed E-state index contributed by atoms with van der Waals surface area (Å²) < 4.78 is 5.64. The number of benzene rings is 2. The summed E-state index contributed by atoms with van der Waals surface area (Å²) in [5.41, 5.74) is 4.57. The molecule has 1 heterocycles. The summed E-state index contributed by atoms with van der Waals surface area (Å²) in [5.74, 6) is -0.0261. The van der Waals surface area contributed by atoms with Gasteiger partial charge in [-0.05, 0) is 51.0 Å². The number of hydrogen-bond donors (Lipinski definition) is 1. The van der Waals surface area contributed by atoms with Crippen molar-refractivity contribution in [1.29, 1.82) is 0 Å². The quantitative estimate of drug-likeness (QED) is 0.357. The summed E-state index contributed by atoms with van der Waals surface area (Å²) in [6.45, 7) is 7.54. The predicted octanol–water partition coefficient (Wildman–Crippen LogP) is 4.61. The Hall–Kier alpha value is -3.20. The van der Waals surface area contributed by atoms with Gasteiger partial charge in [-0.2, -0.15) is 0 Å². The second-order valence-corrected chi connectivity index (χ2v) is 7.67. The van der Waals surface area contributed by atoms with Gasteiger partial charge in [-0.25, -0.2) is 0 Å². The van der Waals surface area contributed by atoms with Crippen LogP contribution in [0.1, 0.15) is 22.3 Å². The van der Waals surface area contributed by atoms with E-state index in [0.29, 0.717) is 11.5 Å². The molecule has 0 saturated heterocycles. The van der Waals surface area contributed by atoms with Gasteiger partial charge in [-0.15, -0.1) is 10.2 Å². The van der Waals surface area contributed by atoms with Crippen molar-refractivity contribution < 1.29 is 14.1 Å². The molecule has 0 aliphatic rings. The van der Waals surface area contributed by atoms with Crippen LogP contribution in [0, 0.1) is 37.8 Å². The smallest absolute Gasteiger partial charge is 0.293 e. The molecule has 1 amide bonds. The number of hydrogen-bond acceptors (Lipinski definition) is 7. The van der Waals surface area contributed by atoms with E-state index in [9.17, 15) is 14.9 Å². The number of carbonyl (C=O) groups is 1. The summed E-state index contributed by atoms with van der Waals surface area (Å²) in [7, 11) is 0. The highest BCUT2D eigenvalue weighted by atomic mass is 32.2. The van der Waals surface area contributed by atoms with Gasteiger partial charge in [0.25, 0.3) is 10.9 Å². The number of rotatable bonds is 6. The Labute approximate surface area is 171 Å². The van der Waals surface area contributed by atoms with Gasteiger partial charge >= 0.3 is 0 Å². The minimum Gasteiger partial charge on any atom is -0.411 e. The molecular formula is C20H20N4O4S. The molecule has 29 heavy (non-hydrogen) atoms. The van der Waals surface area contributed by atoms with Crippen LogP contribution in [-0.2, 0) is 4.79 Å². The third-order valence-corrected chi connectivity index (χ3v) is 5.20. The van der Waals surface area contributed by atoms with Crippen LogP contribution < -0.4 is 5.32 Å². The molecule has 0 aliphatic carbocycles. The molecule has 0 atom stereocenters. The molecule has 0 unspecified atom stereocenters. The molecule has 0 bridgehead atoms. The van der Waals surface area contributed by atoms with Gasteiger partial charge in [0.05, 0.1) is 10.7 Å². The lowest BCUT2D eigenvalue weighted by Gasteiger charge is -2.10. The largest absolute Gasteiger partial charge is 0.411 e. The van der Waals surface area contributed by atoms with Crippen molar-refractivity contribution >= 4 is 29.0 Å². The van der Waals surface area contributed by atoms with E-state index in [2.05, 4.69) is 15.5 Å². The summed E-state index contributed by atoms with van der Waals surface area (Å²) in [6.07, 6.45) is 0. The van der Waals surface area contributed by atoms with Gasteiger partial charge in [0.15, 0.2) is 0 Å². The van der Waals surface area contributed by atoms with Crippen molar-refractivity contribution in [3.63, 3.8) is 0 Å². The van der Waals surface area contributed by atoms with Crippen molar-refractivity contribution in [3.05, 3.63) is 62.7 Å². The third-order valence-electron chi connectivity index (χ3n) is 4.38. The van der Waals surface area contributed by atoms with E-state index in [0.717, 1.165) is 34.0 Å². The Morgan fingerprint density at radius 1 is 1.14 bits per heavy atom. The summed E-state index contributed by atoms with van der Waals surface area (Å²) in [4.78, 5) is 23.1.